The lowest BCUT2D eigenvalue weighted by atomic mass is 10.1. The number of carboxylic acid groups (broad SMARTS) is 1. The van der Waals surface area contributed by atoms with Crippen LogP contribution in [0.5, 0.6) is 0 Å². The van der Waals surface area contributed by atoms with E-state index >= 15 is 0 Å². The summed E-state index contributed by atoms with van der Waals surface area (Å²) in [5.41, 5.74) is 1.80. The van der Waals surface area contributed by atoms with Gasteiger partial charge in [0.1, 0.15) is 6.04 Å². The number of rotatable bonds is 4. The molecule has 2 aromatic rings. The van der Waals surface area contributed by atoms with Crippen molar-refractivity contribution < 1.29 is 9.90 Å². The number of nitrogens with zero attached hydrogens (tertiary/aromatic N) is 1. The molecule has 0 saturated carbocycles. The Morgan fingerprint density at radius 3 is 2.26 bits per heavy atom. The number of hydrogen-bond acceptors (Lipinski definition) is 3. The van der Waals surface area contributed by atoms with Crippen LogP contribution in [-0.4, -0.2) is 11.1 Å². The molecule has 0 aliphatic heterocycles. The van der Waals surface area contributed by atoms with Gasteiger partial charge in [-0.15, -0.1) is 0 Å². The third kappa shape index (κ3) is 3.11. The zero-order valence-corrected chi connectivity index (χ0v) is 10.1. The number of aromatic carboxylic acids is 1. The Morgan fingerprint density at radius 1 is 1.11 bits per heavy atom. The van der Waals surface area contributed by atoms with Crippen LogP contribution in [0.2, 0.25) is 0 Å². The van der Waals surface area contributed by atoms with E-state index in [2.05, 4.69) is 11.4 Å². The maximum absolute atomic E-state index is 10.7. The lowest BCUT2D eigenvalue weighted by Gasteiger charge is -2.13. The Kier molecular flexibility index (Phi) is 3.79. The van der Waals surface area contributed by atoms with Gasteiger partial charge in [-0.2, -0.15) is 5.26 Å². The Labute approximate surface area is 110 Å². The first-order valence-electron chi connectivity index (χ1n) is 5.75. The van der Waals surface area contributed by atoms with Gasteiger partial charge >= 0.3 is 5.97 Å². The van der Waals surface area contributed by atoms with Crippen LogP contribution in [0.1, 0.15) is 22.0 Å². The molecule has 4 heteroatoms. The smallest absolute Gasteiger partial charge is 0.335 e. The van der Waals surface area contributed by atoms with Gasteiger partial charge in [-0.05, 0) is 29.8 Å². The number of carboxylic acids is 1. The average molecular weight is 252 g/mol. The molecule has 0 amide bonds. The van der Waals surface area contributed by atoms with Crippen LogP contribution >= 0.6 is 0 Å². The van der Waals surface area contributed by atoms with E-state index in [0.29, 0.717) is 5.69 Å². The van der Waals surface area contributed by atoms with Crippen molar-refractivity contribution in [3.05, 3.63) is 65.7 Å². The fraction of sp³-hybridized carbons (Fsp3) is 0.0667. The largest absolute Gasteiger partial charge is 0.478 e. The molecule has 4 nitrogen and oxygen atoms in total. The maximum atomic E-state index is 10.7. The van der Waals surface area contributed by atoms with Crippen molar-refractivity contribution in [3.8, 4) is 6.07 Å². The topological polar surface area (TPSA) is 73.1 Å². The van der Waals surface area contributed by atoms with E-state index in [1.54, 1.807) is 12.1 Å². The van der Waals surface area contributed by atoms with Crippen LogP contribution in [0.25, 0.3) is 0 Å². The second-order valence-electron chi connectivity index (χ2n) is 4.00. The number of nitriles is 1. The Hall–Kier alpha value is -2.80. The van der Waals surface area contributed by atoms with Crippen molar-refractivity contribution in [3.63, 3.8) is 0 Å². The molecular weight excluding hydrogens is 240 g/mol. The Balaban J connectivity index is 2.16. The van der Waals surface area contributed by atoms with Crippen molar-refractivity contribution in [1.29, 1.82) is 5.26 Å². The number of anilines is 1. The monoisotopic (exact) mass is 252 g/mol. The SMILES string of the molecule is N#C[C@H](Nc1ccc(C(=O)O)cc1)c1ccccc1. The predicted octanol–water partition coefficient (Wildman–Crippen LogP) is 3.06. The molecule has 94 valence electrons. The van der Waals surface area contributed by atoms with Crippen LogP contribution in [0.4, 0.5) is 5.69 Å². The minimum absolute atomic E-state index is 0.221. The van der Waals surface area contributed by atoms with Crippen molar-refractivity contribution >= 4 is 11.7 Å². The molecule has 0 aliphatic carbocycles. The molecule has 0 heterocycles. The molecule has 0 fully saturated rings. The highest BCUT2D eigenvalue weighted by Crippen LogP contribution is 2.19. The summed E-state index contributed by atoms with van der Waals surface area (Å²) in [5, 5.41) is 21.0. The first-order valence-corrected chi connectivity index (χ1v) is 5.75. The highest BCUT2D eigenvalue weighted by atomic mass is 16.4. The summed E-state index contributed by atoms with van der Waals surface area (Å²) in [4.78, 5) is 10.7. The molecule has 0 aliphatic rings. The summed E-state index contributed by atoms with van der Waals surface area (Å²) >= 11 is 0. The molecule has 0 aromatic heterocycles. The van der Waals surface area contributed by atoms with E-state index in [9.17, 15) is 10.1 Å². The first kappa shape index (κ1) is 12.7. The molecule has 0 saturated heterocycles. The third-order valence-corrected chi connectivity index (χ3v) is 2.70. The molecule has 0 unspecified atom stereocenters. The zero-order valence-electron chi connectivity index (χ0n) is 10.1. The normalized spacial score (nSPS) is 11.3. The molecule has 2 N–H and O–H groups in total. The van der Waals surface area contributed by atoms with Crippen LogP contribution in [0.15, 0.2) is 54.6 Å². The summed E-state index contributed by atoms with van der Waals surface area (Å²) in [6, 6.07) is 17.4. The summed E-state index contributed by atoms with van der Waals surface area (Å²) < 4.78 is 0. The number of hydrogen-bond donors (Lipinski definition) is 2. The Morgan fingerprint density at radius 2 is 1.74 bits per heavy atom. The lowest BCUT2D eigenvalue weighted by Crippen LogP contribution is -2.08. The molecule has 0 bridgehead atoms. The van der Waals surface area contributed by atoms with E-state index < -0.39 is 12.0 Å². The zero-order chi connectivity index (χ0) is 13.7. The summed E-state index contributed by atoms with van der Waals surface area (Å²) in [5.74, 6) is -0.966. The minimum Gasteiger partial charge on any atom is -0.478 e. The van der Waals surface area contributed by atoms with Crippen molar-refractivity contribution in [2.45, 2.75) is 6.04 Å². The van der Waals surface area contributed by atoms with Crippen molar-refractivity contribution in [2.75, 3.05) is 5.32 Å². The van der Waals surface area contributed by atoms with E-state index in [4.69, 9.17) is 5.11 Å². The third-order valence-electron chi connectivity index (χ3n) is 2.70. The van der Waals surface area contributed by atoms with E-state index in [1.807, 2.05) is 30.3 Å². The maximum Gasteiger partial charge on any atom is 0.335 e. The molecule has 2 rings (SSSR count). The highest BCUT2D eigenvalue weighted by molar-refractivity contribution is 5.88. The second-order valence-corrected chi connectivity index (χ2v) is 4.00. The molecule has 2 aromatic carbocycles. The van der Waals surface area contributed by atoms with Crippen LogP contribution in [-0.2, 0) is 0 Å². The quantitative estimate of drug-likeness (QED) is 0.877. The van der Waals surface area contributed by atoms with Crippen molar-refractivity contribution in [2.24, 2.45) is 0 Å². The van der Waals surface area contributed by atoms with Crippen LogP contribution in [0, 0.1) is 11.3 Å². The number of nitrogens with one attached hydrogen (secondary N) is 1. The number of carbonyl (C=O) groups is 1. The van der Waals surface area contributed by atoms with Gasteiger partial charge in [-0.3, -0.25) is 0 Å². The van der Waals surface area contributed by atoms with Gasteiger partial charge in [-0.25, -0.2) is 4.79 Å². The molecule has 1 atom stereocenters. The van der Waals surface area contributed by atoms with Gasteiger partial charge in [-0.1, -0.05) is 30.3 Å². The van der Waals surface area contributed by atoms with Gasteiger partial charge in [0.15, 0.2) is 0 Å². The fourth-order valence-electron chi connectivity index (χ4n) is 1.71. The predicted molar refractivity (Wildman–Crippen MR) is 71.8 cm³/mol. The van der Waals surface area contributed by atoms with E-state index in [1.165, 1.54) is 12.1 Å². The standard InChI is InChI=1S/C15H12N2O2/c16-10-14(11-4-2-1-3-5-11)17-13-8-6-12(7-9-13)15(18)19/h1-9,14,17H,(H,18,19)/t14-/m0/s1. The van der Waals surface area contributed by atoms with E-state index in [0.717, 1.165) is 5.56 Å². The van der Waals surface area contributed by atoms with Gasteiger partial charge in [0.2, 0.25) is 0 Å². The van der Waals surface area contributed by atoms with Crippen molar-refractivity contribution in [1.82, 2.24) is 0 Å². The molecule has 0 radical (unpaired) electrons. The highest BCUT2D eigenvalue weighted by Gasteiger charge is 2.10. The minimum atomic E-state index is -0.966. The Bertz CT molecular complexity index is 600. The summed E-state index contributed by atoms with van der Waals surface area (Å²) in [7, 11) is 0. The molecule has 0 spiro atoms. The first-order chi connectivity index (χ1) is 9.20. The van der Waals surface area contributed by atoms with Gasteiger partial charge in [0, 0.05) is 5.69 Å². The van der Waals surface area contributed by atoms with Gasteiger partial charge in [0.25, 0.3) is 0 Å². The number of benzene rings is 2. The molecular formula is C15H12N2O2. The average Bonchev–Trinajstić information content (AvgIpc) is 2.46. The van der Waals surface area contributed by atoms with Gasteiger partial charge < -0.3 is 10.4 Å². The van der Waals surface area contributed by atoms with Crippen LogP contribution in [0.3, 0.4) is 0 Å². The van der Waals surface area contributed by atoms with E-state index in [-0.39, 0.29) is 5.56 Å². The lowest BCUT2D eigenvalue weighted by molar-refractivity contribution is 0.0697. The fourth-order valence-corrected chi connectivity index (χ4v) is 1.71. The summed E-state index contributed by atoms with van der Waals surface area (Å²) in [6.45, 7) is 0. The van der Waals surface area contributed by atoms with Crippen LogP contribution < -0.4 is 5.32 Å². The second kappa shape index (κ2) is 5.69. The summed E-state index contributed by atoms with van der Waals surface area (Å²) in [6.07, 6.45) is 0. The van der Waals surface area contributed by atoms with Gasteiger partial charge in [0.05, 0.1) is 11.6 Å². The molecule has 19 heavy (non-hydrogen) atoms.